The van der Waals surface area contributed by atoms with Crippen molar-refractivity contribution in [2.24, 2.45) is 11.8 Å². The summed E-state index contributed by atoms with van der Waals surface area (Å²) in [5, 5.41) is 0. The molecule has 1 amide bonds. The Morgan fingerprint density at radius 2 is 2.04 bits per heavy atom. The van der Waals surface area contributed by atoms with Crippen LogP contribution >= 0.6 is 0 Å². The fourth-order valence-corrected chi connectivity index (χ4v) is 3.39. The Morgan fingerprint density at radius 3 is 2.79 bits per heavy atom. The number of anilines is 1. The van der Waals surface area contributed by atoms with Gasteiger partial charge in [0.2, 0.25) is 11.8 Å². The quantitative estimate of drug-likeness (QED) is 0.828. The maximum absolute atomic E-state index is 12.7. The molecule has 2 fully saturated rings. The summed E-state index contributed by atoms with van der Waals surface area (Å²) in [5.41, 5.74) is 0. The van der Waals surface area contributed by atoms with E-state index in [-0.39, 0.29) is 5.92 Å². The highest BCUT2D eigenvalue weighted by Crippen LogP contribution is 2.25. The molecule has 0 bridgehead atoms. The number of carbonyl (C=O) groups excluding carboxylic acids is 1. The molecule has 0 aromatic carbocycles. The van der Waals surface area contributed by atoms with E-state index in [0.29, 0.717) is 24.3 Å². The first-order valence-electron chi connectivity index (χ1n) is 9.12. The number of rotatable bonds is 5. The second-order valence-corrected chi connectivity index (χ2v) is 7.24. The smallest absolute Gasteiger partial charge is 0.234 e. The highest BCUT2D eigenvalue weighted by atomic mass is 16.5. The fraction of sp³-hybridized carbons (Fsp3) is 0.722. The lowest BCUT2D eigenvalue weighted by Gasteiger charge is -2.34. The van der Waals surface area contributed by atoms with Gasteiger partial charge < -0.3 is 14.5 Å². The van der Waals surface area contributed by atoms with Crippen molar-refractivity contribution < 1.29 is 9.53 Å². The van der Waals surface area contributed by atoms with E-state index in [1.54, 1.807) is 12.4 Å². The van der Waals surface area contributed by atoms with E-state index in [4.69, 9.17) is 4.74 Å². The summed E-state index contributed by atoms with van der Waals surface area (Å²) in [6.07, 6.45) is 7.70. The normalized spacial score (nSPS) is 21.4. The Bertz CT molecular complexity index is 558. The lowest BCUT2D eigenvalue weighted by atomic mass is 9.96. The summed E-state index contributed by atoms with van der Waals surface area (Å²) in [6.45, 7) is 8.35. The summed E-state index contributed by atoms with van der Waals surface area (Å²) >= 11 is 0. The first-order valence-corrected chi connectivity index (χ1v) is 9.12. The van der Waals surface area contributed by atoms with E-state index < -0.39 is 0 Å². The highest BCUT2D eigenvalue weighted by Gasteiger charge is 2.31. The summed E-state index contributed by atoms with van der Waals surface area (Å²) in [4.78, 5) is 25.7. The predicted octanol–water partition coefficient (Wildman–Crippen LogP) is 2.35. The van der Waals surface area contributed by atoms with Gasteiger partial charge in [-0.3, -0.25) is 9.78 Å². The van der Waals surface area contributed by atoms with Crippen LogP contribution in [0.1, 0.15) is 39.5 Å². The van der Waals surface area contributed by atoms with Gasteiger partial charge >= 0.3 is 0 Å². The van der Waals surface area contributed by atoms with Crippen molar-refractivity contribution in [3.63, 3.8) is 0 Å². The number of hydrogen-bond acceptors (Lipinski definition) is 5. The van der Waals surface area contributed by atoms with Crippen LogP contribution < -0.4 is 9.64 Å². The third kappa shape index (κ3) is 4.16. The zero-order chi connectivity index (χ0) is 16.9. The fourth-order valence-electron chi connectivity index (χ4n) is 3.39. The van der Waals surface area contributed by atoms with Crippen LogP contribution in [0.2, 0.25) is 0 Å². The number of ether oxygens (including phenoxy) is 1. The van der Waals surface area contributed by atoms with Gasteiger partial charge in [-0.25, -0.2) is 0 Å². The Morgan fingerprint density at radius 1 is 1.25 bits per heavy atom. The van der Waals surface area contributed by atoms with E-state index in [9.17, 15) is 4.79 Å². The van der Waals surface area contributed by atoms with Crippen LogP contribution in [-0.4, -0.2) is 53.6 Å². The molecule has 3 rings (SSSR count). The maximum atomic E-state index is 12.7. The molecule has 6 heteroatoms. The second-order valence-electron chi connectivity index (χ2n) is 7.24. The molecule has 0 unspecified atom stereocenters. The van der Waals surface area contributed by atoms with E-state index in [2.05, 4.69) is 28.7 Å². The first kappa shape index (κ1) is 17.0. The lowest BCUT2D eigenvalue weighted by Crippen LogP contribution is -2.44. The predicted molar refractivity (Wildman–Crippen MR) is 93.1 cm³/mol. The van der Waals surface area contributed by atoms with Crippen molar-refractivity contribution in [2.75, 3.05) is 37.7 Å². The third-order valence-corrected chi connectivity index (χ3v) is 4.68. The van der Waals surface area contributed by atoms with Gasteiger partial charge in [-0.1, -0.05) is 13.8 Å². The van der Waals surface area contributed by atoms with Gasteiger partial charge in [0, 0.05) is 26.2 Å². The molecule has 2 aliphatic heterocycles. The summed E-state index contributed by atoms with van der Waals surface area (Å²) < 4.78 is 5.68. The molecule has 6 nitrogen and oxygen atoms in total. The van der Waals surface area contributed by atoms with Gasteiger partial charge in [-0.15, -0.1) is 0 Å². The molecule has 132 valence electrons. The Balaban J connectivity index is 1.63. The molecule has 24 heavy (non-hydrogen) atoms. The number of amides is 1. The van der Waals surface area contributed by atoms with Crippen molar-refractivity contribution in [1.82, 2.24) is 14.9 Å². The molecular weight excluding hydrogens is 304 g/mol. The number of likely N-dealkylation sites (tertiary alicyclic amines) is 1. The molecule has 1 aromatic rings. The topological polar surface area (TPSA) is 58.6 Å². The molecule has 0 radical (unpaired) electrons. The van der Waals surface area contributed by atoms with Crippen molar-refractivity contribution in [3.05, 3.63) is 12.4 Å². The largest absolute Gasteiger partial charge is 0.476 e. The van der Waals surface area contributed by atoms with E-state index in [1.165, 1.54) is 0 Å². The van der Waals surface area contributed by atoms with Crippen molar-refractivity contribution in [1.29, 1.82) is 0 Å². The third-order valence-electron chi connectivity index (χ3n) is 4.68. The van der Waals surface area contributed by atoms with Gasteiger partial charge in [0.05, 0.1) is 24.9 Å². The number of nitrogens with zero attached hydrogens (tertiary/aromatic N) is 4. The van der Waals surface area contributed by atoms with Crippen LogP contribution in [0, 0.1) is 11.8 Å². The molecule has 0 spiro atoms. The standard InChI is InChI=1S/C18H28N4O2/c1-14(2)13-24-17-11-19-10-16(20-17)22-9-5-6-15(12-22)18(23)21-7-3-4-8-21/h10-11,14-15H,3-9,12-13H2,1-2H3/t15-/m0/s1. The van der Waals surface area contributed by atoms with Crippen molar-refractivity contribution >= 4 is 11.7 Å². The number of piperidine rings is 1. The average molecular weight is 332 g/mol. The molecule has 1 aromatic heterocycles. The minimum Gasteiger partial charge on any atom is -0.476 e. The van der Waals surface area contributed by atoms with Crippen LogP contribution in [0.25, 0.3) is 0 Å². The van der Waals surface area contributed by atoms with Gasteiger partial charge in [0.25, 0.3) is 0 Å². The Labute approximate surface area is 144 Å². The zero-order valence-corrected chi connectivity index (χ0v) is 14.8. The van der Waals surface area contributed by atoms with Gasteiger partial charge in [0.15, 0.2) is 5.82 Å². The number of aromatic nitrogens is 2. The second kappa shape index (κ2) is 7.81. The maximum Gasteiger partial charge on any atom is 0.234 e. The molecule has 2 saturated heterocycles. The highest BCUT2D eigenvalue weighted by molar-refractivity contribution is 5.80. The average Bonchev–Trinajstić information content (AvgIpc) is 3.14. The first-order chi connectivity index (χ1) is 11.6. The molecule has 1 atom stereocenters. The lowest BCUT2D eigenvalue weighted by molar-refractivity contribution is -0.134. The van der Waals surface area contributed by atoms with Crippen LogP contribution in [0.4, 0.5) is 5.82 Å². The van der Waals surface area contributed by atoms with Crippen LogP contribution in [0.15, 0.2) is 12.4 Å². The molecular formula is C18H28N4O2. The Kier molecular flexibility index (Phi) is 5.53. The SMILES string of the molecule is CC(C)COc1cncc(N2CCC[C@H](C(=O)N3CCCC3)C2)n1. The minimum atomic E-state index is 0.0823. The summed E-state index contributed by atoms with van der Waals surface area (Å²) in [7, 11) is 0. The van der Waals surface area contributed by atoms with Crippen molar-refractivity contribution in [3.8, 4) is 5.88 Å². The van der Waals surface area contributed by atoms with E-state index >= 15 is 0 Å². The monoisotopic (exact) mass is 332 g/mol. The molecule has 0 saturated carbocycles. The Hall–Kier alpha value is -1.85. The minimum absolute atomic E-state index is 0.0823. The van der Waals surface area contributed by atoms with Crippen LogP contribution in [-0.2, 0) is 4.79 Å². The van der Waals surface area contributed by atoms with Crippen molar-refractivity contribution in [2.45, 2.75) is 39.5 Å². The molecule has 2 aliphatic rings. The van der Waals surface area contributed by atoms with Gasteiger partial charge in [-0.05, 0) is 31.6 Å². The van der Waals surface area contributed by atoms with E-state index in [0.717, 1.165) is 57.7 Å². The molecule has 0 N–H and O–H groups in total. The summed E-state index contributed by atoms with van der Waals surface area (Å²) in [5.74, 6) is 2.23. The number of carbonyl (C=O) groups is 1. The van der Waals surface area contributed by atoms with Gasteiger partial charge in [0.1, 0.15) is 0 Å². The van der Waals surface area contributed by atoms with Crippen LogP contribution in [0.3, 0.4) is 0 Å². The van der Waals surface area contributed by atoms with Crippen LogP contribution in [0.5, 0.6) is 5.88 Å². The molecule has 3 heterocycles. The summed E-state index contributed by atoms with van der Waals surface area (Å²) in [6, 6.07) is 0. The zero-order valence-electron chi connectivity index (χ0n) is 14.8. The van der Waals surface area contributed by atoms with Gasteiger partial charge in [-0.2, -0.15) is 4.98 Å². The van der Waals surface area contributed by atoms with E-state index in [1.807, 2.05) is 4.90 Å². The molecule has 0 aliphatic carbocycles. The number of hydrogen-bond donors (Lipinski definition) is 0.